The summed E-state index contributed by atoms with van der Waals surface area (Å²) in [5.41, 5.74) is 0. The molecule has 62 heavy (non-hydrogen) atoms. The summed E-state index contributed by atoms with van der Waals surface area (Å²) >= 11 is 0. The molecular formula is C27H28F21NaO12S. The number of hydrogen-bond donors (Lipinski definition) is 0. The van der Waals surface area contributed by atoms with Gasteiger partial charge >= 0.3 is 102 Å². The van der Waals surface area contributed by atoms with Gasteiger partial charge in [-0.2, -0.15) is 92.2 Å². The van der Waals surface area contributed by atoms with Crippen molar-refractivity contribution in [2.75, 3.05) is 39.6 Å². The Morgan fingerprint density at radius 1 is 0.484 bits per heavy atom. The van der Waals surface area contributed by atoms with Gasteiger partial charge in [-0.05, 0) is 20.8 Å². The summed E-state index contributed by atoms with van der Waals surface area (Å²) in [5.74, 6) is -48.3. The number of carbonyl (C=O) groups is 3. The van der Waals surface area contributed by atoms with E-state index in [9.17, 15) is 120 Å². The molecule has 0 aromatic rings. The maximum absolute atomic E-state index is 13.5. The van der Waals surface area contributed by atoms with Gasteiger partial charge < -0.3 is 33.0 Å². The Bertz CT molecular complexity index is 1590. The average Bonchev–Trinajstić information content (AvgIpc) is 3.01. The van der Waals surface area contributed by atoms with Crippen molar-refractivity contribution in [3.63, 3.8) is 0 Å². The summed E-state index contributed by atoms with van der Waals surface area (Å²) < 4.78 is 332. The molecule has 5 unspecified atom stereocenters. The van der Waals surface area contributed by atoms with Gasteiger partial charge in [0.05, 0.1) is 32.2 Å². The van der Waals surface area contributed by atoms with Crippen molar-refractivity contribution in [2.24, 2.45) is 5.92 Å². The fourth-order valence-corrected chi connectivity index (χ4v) is 4.76. The zero-order valence-corrected chi connectivity index (χ0v) is 33.9. The minimum atomic E-state index is -6.85. The SMILES string of the molecule is CC(COCC(F)(F)C(F)(F)C(F)(F)F)OC(=O)CC(C(=O)OC(C)COCC(F)(F)C(F)(F)C(F)(F)F)C(C(=O)OC(C)COCC(F)(F)C(F)(F)C(F)(F)F)S(=O)(=O)[O-].[Na+]. The van der Waals surface area contributed by atoms with Crippen LogP contribution in [-0.2, 0) is 52.9 Å². The van der Waals surface area contributed by atoms with Crippen molar-refractivity contribution in [2.45, 2.75) is 105 Å². The first kappa shape index (κ1) is 61.8. The predicted octanol–water partition coefficient (Wildman–Crippen LogP) is 3.25. The van der Waals surface area contributed by atoms with Gasteiger partial charge in [-0.1, -0.05) is 0 Å². The molecule has 0 radical (unpaired) electrons. The van der Waals surface area contributed by atoms with E-state index < -0.39 is 158 Å². The van der Waals surface area contributed by atoms with Gasteiger partial charge in [-0.15, -0.1) is 0 Å². The summed E-state index contributed by atoms with van der Waals surface area (Å²) in [7, 11) is -6.48. The van der Waals surface area contributed by atoms with Crippen LogP contribution in [0.1, 0.15) is 27.2 Å². The Morgan fingerprint density at radius 3 is 1.00 bits per heavy atom. The third-order valence-electron chi connectivity index (χ3n) is 6.92. The zero-order chi connectivity index (χ0) is 48.8. The second-order valence-corrected chi connectivity index (χ2v) is 13.9. The van der Waals surface area contributed by atoms with Crippen LogP contribution in [0.5, 0.6) is 0 Å². The Kier molecular flexibility index (Phi) is 21.7. The molecule has 0 saturated carbocycles. The largest absolute Gasteiger partial charge is 1.00 e. The normalized spacial score (nSPS) is 16.7. The predicted molar refractivity (Wildman–Crippen MR) is 149 cm³/mol. The minimum Gasteiger partial charge on any atom is -0.747 e. The molecular weight excluding hydrogens is 970 g/mol. The summed E-state index contributed by atoms with van der Waals surface area (Å²) in [6.45, 7) is -11.5. The van der Waals surface area contributed by atoms with Crippen molar-refractivity contribution < 1.29 is 178 Å². The van der Waals surface area contributed by atoms with Crippen LogP contribution in [0.3, 0.4) is 0 Å². The molecule has 0 aromatic heterocycles. The molecule has 12 nitrogen and oxygen atoms in total. The Morgan fingerprint density at radius 2 is 0.742 bits per heavy atom. The fourth-order valence-electron chi connectivity index (χ4n) is 3.86. The maximum atomic E-state index is 13.5. The minimum absolute atomic E-state index is 0. The van der Waals surface area contributed by atoms with E-state index in [4.69, 9.17) is 0 Å². The molecule has 0 fully saturated rings. The standard InChI is InChI=1S/C27H29F21O12S.Na/c1-11(5-55-8-19(28,29)22(34,35)25(40,41)42)58-15(49)4-14(17(50)59-12(2)6-56-9-20(30,31)23(36,37)26(43,44)45)16(61(52,53)54)18(51)60-13(3)7-57-10-21(32,33)24(38,39)27(46,47)48;/h11-14,16H,4-10H2,1-3H3,(H,52,53,54);/q;+1/p-1. The number of esters is 3. The number of halogens is 21. The van der Waals surface area contributed by atoms with Gasteiger partial charge in [0.1, 0.15) is 48.3 Å². The third-order valence-corrected chi connectivity index (χ3v) is 8.06. The van der Waals surface area contributed by atoms with Crippen LogP contribution in [0.4, 0.5) is 92.2 Å². The van der Waals surface area contributed by atoms with Crippen LogP contribution < -0.4 is 29.6 Å². The van der Waals surface area contributed by atoms with E-state index in [-0.39, 0.29) is 29.6 Å². The van der Waals surface area contributed by atoms with Crippen molar-refractivity contribution in [1.82, 2.24) is 0 Å². The molecule has 0 heterocycles. The Balaban J connectivity index is 0. The number of rotatable bonds is 24. The van der Waals surface area contributed by atoms with E-state index in [1.54, 1.807) is 0 Å². The molecule has 0 N–H and O–H groups in total. The van der Waals surface area contributed by atoms with Crippen LogP contribution in [0.25, 0.3) is 0 Å². The van der Waals surface area contributed by atoms with Crippen LogP contribution in [0.15, 0.2) is 0 Å². The summed E-state index contributed by atoms with van der Waals surface area (Å²) in [4.78, 5) is 38.3. The Labute approximate surface area is 355 Å². The van der Waals surface area contributed by atoms with Gasteiger partial charge in [0.15, 0.2) is 5.25 Å². The van der Waals surface area contributed by atoms with E-state index in [2.05, 4.69) is 28.4 Å². The van der Waals surface area contributed by atoms with Gasteiger partial charge in [0, 0.05) is 0 Å². The number of carbonyl (C=O) groups excluding carboxylic acids is 3. The molecule has 0 aliphatic heterocycles. The average molecular weight is 999 g/mol. The second-order valence-electron chi connectivity index (χ2n) is 12.4. The molecule has 0 aliphatic carbocycles. The molecule has 0 amide bonds. The van der Waals surface area contributed by atoms with Crippen molar-refractivity contribution in [1.29, 1.82) is 0 Å². The van der Waals surface area contributed by atoms with E-state index in [1.807, 2.05) is 0 Å². The quantitative estimate of drug-likeness (QED) is 0.0457. The van der Waals surface area contributed by atoms with Crippen molar-refractivity contribution in [3.8, 4) is 0 Å². The second kappa shape index (κ2) is 21.8. The Hall–Kier alpha value is -2.27. The summed E-state index contributed by atoms with van der Waals surface area (Å²) in [5, 5.41) is -3.66. The van der Waals surface area contributed by atoms with E-state index >= 15 is 0 Å². The maximum Gasteiger partial charge on any atom is 1.00 e. The van der Waals surface area contributed by atoms with Crippen LogP contribution >= 0.6 is 0 Å². The van der Waals surface area contributed by atoms with Gasteiger partial charge in [0.2, 0.25) is 0 Å². The van der Waals surface area contributed by atoms with Gasteiger partial charge in [-0.25, -0.2) is 8.42 Å². The summed E-state index contributed by atoms with van der Waals surface area (Å²) in [6.07, 6.45) is -29.1. The van der Waals surface area contributed by atoms with Crippen LogP contribution in [0, 0.1) is 5.92 Å². The molecule has 0 aromatic carbocycles. The molecule has 0 bridgehead atoms. The topological polar surface area (TPSA) is 164 Å². The first-order chi connectivity index (χ1) is 26.8. The monoisotopic (exact) mass is 998 g/mol. The number of ether oxygens (including phenoxy) is 6. The number of hydrogen-bond acceptors (Lipinski definition) is 12. The molecule has 5 atom stereocenters. The molecule has 0 saturated heterocycles. The first-order valence-corrected chi connectivity index (χ1v) is 17.0. The third kappa shape index (κ3) is 16.3. The van der Waals surface area contributed by atoms with E-state index in [1.165, 1.54) is 0 Å². The van der Waals surface area contributed by atoms with E-state index in [0.29, 0.717) is 20.8 Å². The molecule has 0 spiro atoms. The van der Waals surface area contributed by atoms with Crippen LogP contribution in [-0.4, -0.2) is 148 Å². The molecule has 362 valence electrons. The van der Waals surface area contributed by atoms with Gasteiger partial charge in [-0.3, -0.25) is 14.4 Å². The van der Waals surface area contributed by atoms with Crippen LogP contribution in [0.2, 0.25) is 0 Å². The summed E-state index contributed by atoms with van der Waals surface area (Å²) in [6, 6.07) is 0. The zero-order valence-electron chi connectivity index (χ0n) is 31.1. The fraction of sp³-hybridized carbons (Fsp3) is 0.889. The van der Waals surface area contributed by atoms with Crippen molar-refractivity contribution >= 4 is 28.0 Å². The first-order valence-electron chi connectivity index (χ1n) is 15.6. The molecule has 0 rings (SSSR count). The molecule has 35 heteroatoms. The van der Waals surface area contributed by atoms with Crippen molar-refractivity contribution in [3.05, 3.63) is 0 Å². The smallest absolute Gasteiger partial charge is 0.747 e. The van der Waals surface area contributed by atoms with E-state index in [0.717, 1.165) is 0 Å². The molecule has 0 aliphatic rings. The number of alkyl halides is 21. The van der Waals surface area contributed by atoms with Gasteiger partial charge in [0.25, 0.3) is 0 Å².